The fraction of sp³-hybridized carbons (Fsp3) is 0.261. The van der Waals surface area contributed by atoms with E-state index in [2.05, 4.69) is 31.1 Å². The quantitative estimate of drug-likeness (QED) is 0.430. The highest BCUT2D eigenvalue weighted by Gasteiger charge is 2.36. The molecular weight excluding hydrogens is 416 g/mol. The van der Waals surface area contributed by atoms with Gasteiger partial charge in [0.25, 0.3) is 5.56 Å². The Bertz CT molecular complexity index is 1340. The van der Waals surface area contributed by atoms with Gasteiger partial charge in [-0.05, 0) is 29.7 Å². The smallest absolute Gasteiger partial charge is 0.265 e. The maximum Gasteiger partial charge on any atom is 0.265 e. The van der Waals surface area contributed by atoms with Crippen molar-refractivity contribution in [3.8, 4) is 11.3 Å². The zero-order valence-electron chi connectivity index (χ0n) is 17.0. The number of nitrogens with zero attached hydrogens (tertiary/aromatic N) is 4. The number of thioether (sulfide) groups is 1. The Morgan fingerprint density at radius 2 is 1.87 bits per heavy atom. The minimum atomic E-state index is -0.303. The molecule has 0 saturated heterocycles. The van der Waals surface area contributed by atoms with Crippen LogP contribution in [0.4, 0.5) is 0 Å². The summed E-state index contributed by atoms with van der Waals surface area (Å²) in [5.41, 5.74) is 4.61. The van der Waals surface area contributed by atoms with Gasteiger partial charge in [-0.3, -0.25) is 4.79 Å². The van der Waals surface area contributed by atoms with E-state index in [0.717, 1.165) is 28.8 Å². The van der Waals surface area contributed by atoms with Crippen LogP contribution in [-0.4, -0.2) is 19.2 Å². The van der Waals surface area contributed by atoms with Crippen LogP contribution >= 0.6 is 23.4 Å². The van der Waals surface area contributed by atoms with Crippen molar-refractivity contribution in [1.29, 1.82) is 0 Å². The summed E-state index contributed by atoms with van der Waals surface area (Å²) in [7, 11) is 1.83. The minimum Gasteiger partial charge on any atom is -0.268 e. The molecule has 0 N–H and O–H groups in total. The zero-order chi connectivity index (χ0) is 21.0. The molecule has 0 saturated carbocycles. The van der Waals surface area contributed by atoms with E-state index in [1.54, 1.807) is 9.08 Å². The third-order valence-electron chi connectivity index (χ3n) is 5.64. The number of aromatic nitrogens is 4. The van der Waals surface area contributed by atoms with Crippen molar-refractivity contribution in [3.05, 3.63) is 80.6 Å². The van der Waals surface area contributed by atoms with E-state index in [1.165, 1.54) is 17.3 Å². The van der Waals surface area contributed by atoms with Gasteiger partial charge in [0.2, 0.25) is 5.78 Å². The molecule has 0 amide bonds. The summed E-state index contributed by atoms with van der Waals surface area (Å²) in [6, 6.07) is 15.9. The fourth-order valence-corrected chi connectivity index (χ4v) is 5.30. The second-order valence-electron chi connectivity index (χ2n) is 8.32. The van der Waals surface area contributed by atoms with Crippen LogP contribution in [0.3, 0.4) is 0 Å². The largest absolute Gasteiger partial charge is 0.268 e. The number of benzene rings is 2. The van der Waals surface area contributed by atoms with Crippen molar-refractivity contribution < 1.29 is 0 Å². The Kier molecular flexibility index (Phi) is 4.52. The van der Waals surface area contributed by atoms with Gasteiger partial charge in [0.15, 0.2) is 5.16 Å². The number of rotatable bonds is 3. The first kappa shape index (κ1) is 19.4. The van der Waals surface area contributed by atoms with Crippen molar-refractivity contribution in [2.24, 2.45) is 7.05 Å². The van der Waals surface area contributed by atoms with Gasteiger partial charge in [0.05, 0.1) is 11.3 Å². The lowest BCUT2D eigenvalue weighted by Gasteiger charge is -2.32. The molecule has 5 rings (SSSR count). The second kappa shape index (κ2) is 7.00. The average molecular weight is 437 g/mol. The summed E-state index contributed by atoms with van der Waals surface area (Å²) in [4.78, 5) is 18.7. The zero-order valence-corrected chi connectivity index (χ0v) is 18.6. The Morgan fingerprint density at radius 3 is 2.63 bits per heavy atom. The first-order chi connectivity index (χ1) is 14.3. The first-order valence-electron chi connectivity index (χ1n) is 9.81. The van der Waals surface area contributed by atoms with Crippen molar-refractivity contribution in [3.63, 3.8) is 0 Å². The van der Waals surface area contributed by atoms with Gasteiger partial charge in [0, 0.05) is 28.8 Å². The van der Waals surface area contributed by atoms with E-state index in [1.807, 2.05) is 43.4 Å². The molecule has 5 nitrogen and oxygen atoms in total. The molecule has 0 fully saturated rings. The van der Waals surface area contributed by atoms with Crippen LogP contribution in [0.15, 0.2) is 58.5 Å². The molecule has 1 aliphatic carbocycles. The van der Waals surface area contributed by atoms with E-state index < -0.39 is 0 Å². The normalized spacial score (nSPS) is 14.5. The van der Waals surface area contributed by atoms with Gasteiger partial charge in [-0.15, -0.1) is 5.10 Å². The van der Waals surface area contributed by atoms with E-state index in [0.29, 0.717) is 21.7 Å². The molecular formula is C23H21ClN4OS. The molecule has 30 heavy (non-hydrogen) atoms. The van der Waals surface area contributed by atoms with Crippen molar-refractivity contribution in [2.45, 2.75) is 36.6 Å². The summed E-state index contributed by atoms with van der Waals surface area (Å²) in [5.74, 6) is 1.25. The molecule has 2 aromatic heterocycles. The van der Waals surface area contributed by atoms with E-state index in [9.17, 15) is 4.79 Å². The van der Waals surface area contributed by atoms with Crippen molar-refractivity contribution >= 4 is 29.1 Å². The van der Waals surface area contributed by atoms with Crippen LogP contribution in [-0.2, 0) is 24.6 Å². The van der Waals surface area contributed by atoms with Crippen molar-refractivity contribution in [1.82, 2.24) is 19.2 Å². The number of hydrogen-bond acceptors (Lipinski definition) is 4. The molecule has 2 aromatic carbocycles. The van der Waals surface area contributed by atoms with Gasteiger partial charge in [0.1, 0.15) is 0 Å². The minimum absolute atomic E-state index is 0.0267. The van der Waals surface area contributed by atoms with Crippen LogP contribution in [0.25, 0.3) is 17.0 Å². The summed E-state index contributed by atoms with van der Waals surface area (Å²) in [5, 5.41) is 5.97. The average Bonchev–Trinajstić information content (AvgIpc) is 3.03. The fourth-order valence-electron chi connectivity index (χ4n) is 4.21. The van der Waals surface area contributed by atoms with Gasteiger partial charge < -0.3 is 0 Å². The van der Waals surface area contributed by atoms with E-state index in [-0.39, 0.29) is 11.0 Å². The van der Waals surface area contributed by atoms with Crippen molar-refractivity contribution in [2.75, 3.05) is 0 Å². The van der Waals surface area contributed by atoms with Gasteiger partial charge in [-0.25, -0.2) is 14.1 Å². The van der Waals surface area contributed by atoms with Gasteiger partial charge in [-0.2, -0.15) is 0 Å². The predicted octanol–water partition coefficient (Wildman–Crippen LogP) is 4.87. The summed E-state index contributed by atoms with van der Waals surface area (Å²) in [6.45, 7) is 4.24. The topological polar surface area (TPSA) is 52.2 Å². The molecule has 1 aliphatic rings. The van der Waals surface area contributed by atoms with Crippen LogP contribution < -0.4 is 5.56 Å². The number of hydrogen-bond donors (Lipinski definition) is 0. The van der Waals surface area contributed by atoms with Gasteiger partial charge >= 0.3 is 0 Å². The molecule has 0 aliphatic heterocycles. The summed E-state index contributed by atoms with van der Waals surface area (Å²) < 4.78 is 3.35. The van der Waals surface area contributed by atoms with Gasteiger partial charge in [-0.1, -0.05) is 73.6 Å². The second-order valence-corrected chi connectivity index (χ2v) is 9.69. The highest BCUT2D eigenvalue weighted by molar-refractivity contribution is 7.98. The van der Waals surface area contributed by atoms with Crippen LogP contribution in [0, 0.1) is 0 Å². The maximum atomic E-state index is 13.7. The Morgan fingerprint density at radius 1 is 1.13 bits per heavy atom. The standard InChI is InChI=1S/C23H21ClN4OS/c1-23(2)12-15-6-4-5-7-17(15)19-18(23)20(29)28-21(25-19)27(3)26-22(28)30-13-14-8-10-16(24)11-9-14/h4-11H,12-13H2,1-3H3. The van der Waals surface area contributed by atoms with E-state index >= 15 is 0 Å². The summed E-state index contributed by atoms with van der Waals surface area (Å²) in [6.07, 6.45) is 0.812. The highest BCUT2D eigenvalue weighted by Crippen LogP contribution is 2.40. The summed E-state index contributed by atoms with van der Waals surface area (Å²) >= 11 is 7.51. The molecule has 0 unspecified atom stereocenters. The predicted molar refractivity (Wildman–Crippen MR) is 121 cm³/mol. The van der Waals surface area contributed by atoms with Crippen LogP contribution in [0.2, 0.25) is 5.02 Å². The lowest BCUT2D eigenvalue weighted by atomic mass is 9.72. The third-order valence-corrected chi connectivity index (χ3v) is 6.90. The molecule has 0 spiro atoms. The molecule has 0 radical (unpaired) electrons. The Labute approximate surface area is 183 Å². The first-order valence-corrected chi connectivity index (χ1v) is 11.2. The number of aryl methyl sites for hydroxylation is 1. The molecule has 0 bridgehead atoms. The lowest BCUT2D eigenvalue weighted by molar-refractivity contribution is 0.505. The highest BCUT2D eigenvalue weighted by atomic mass is 35.5. The number of halogens is 1. The molecule has 2 heterocycles. The Balaban J connectivity index is 1.67. The lowest BCUT2D eigenvalue weighted by Crippen LogP contribution is -2.36. The molecule has 7 heteroatoms. The third kappa shape index (κ3) is 3.06. The number of fused-ring (bicyclic) bond motifs is 4. The maximum absolute atomic E-state index is 13.7. The van der Waals surface area contributed by atoms with E-state index in [4.69, 9.17) is 16.6 Å². The monoisotopic (exact) mass is 436 g/mol. The van der Waals surface area contributed by atoms with Crippen LogP contribution in [0.1, 0.15) is 30.5 Å². The molecule has 0 atom stereocenters. The molecule has 4 aromatic rings. The molecule has 152 valence electrons. The Hall–Kier alpha value is -2.57. The SMILES string of the molecule is Cn1nc(SCc2ccc(Cl)cc2)n2c(=O)c3c(nc12)-c1ccccc1CC3(C)C. The van der Waals surface area contributed by atoms with Crippen LogP contribution in [0.5, 0.6) is 0 Å².